The largest absolute Gasteiger partial charge is 0.341 e. The Balaban J connectivity index is 2.02. The summed E-state index contributed by atoms with van der Waals surface area (Å²) in [6.45, 7) is 9.71. The third-order valence-corrected chi connectivity index (χ3v) is 4.03. The topological polar surface area (TPSA) is 17.0 Å². The van der Waals surface area contributed by atoms with Crippen molar-refractivity contribution in [3.63, 3.8) is 0 Å². The van der Waals surface area contributed by atoms with Crippen molar-refractivity contribution in [2.75, 3.05) is 6.54 Å². The van der Waals surface area contributed by atoms with Crippen molar-refractivity contribution in [3.05, 3.63) is 48.0 Å². The van der Waals surface area contributed by atoms with Crippen molar-refractivity contribution in [2.24, 2.45) is 5.92 Å². The minimum Gasteiger partial charge on any atom is -0.341 e. The minimum atomic E-state index is 0.690. The van der Waals surface area contributed by atoms with Gasteiger partial charge in [0.1, 0.15) is 0 Å². The van der Waals surface area contributed by atoms with Crippen LogP contribution in [0.1, 0.15) is 26.3 Å². The van der Waals surface area contributed by atoms with Gasteiger partial charge in [0.25, 0.3) is 0 Å². The predicted octanol–water partition coefficient (Wildman–Crippen LogP) is 4.56. The van der Waals surface area contributed by atoms with Crippen molar-refractivity contribution >= 4 is 21.8 Å². The molecule has 0 unspecified atom stereocenters. The van der Waals surface area contributed by atoms with Gasteiger partial charge in [-0.2, -0.15) is 0 Å². The van der Waals surface area contributed by atoms with Crippen LogP contribution in [-0.2, 0) is 13.1 Å². The summed E-state index contributed by atoms with van der Waals surface area (Å²) in [6.07, 6.45) is 0. The summed E-state index contributed by atoms with van der Waals surface area (Å²) in [5.74, 6) is 0.690. The first-order chi connectivity index (χ1) is 10.2. The van der Waals surface area contributed by atoms with Gasteiger partial charge in [0.15, 0.2) is 0 Å². The van der Waals surface area contributed by atoms with Crippen molar-refractivity contribution in [1.82, 2.24) is 9.88 Å². The number of benzene rings is 2. The smallest absolute Gasteiger partial charge is 0.0491 e. The van der Waals surface area contributed by atoms with Gasteiger partial charge in [-0.3, -0.25) is 0 Å². The second-order valence-electron chi connectivity index (χ2n) is 6.14. The van der Waals surface area contributed by atoms with Gasteiger partial charge in [0.2, 0.25) is 0 Å². The lowest BCUT2D eigenvalue weighted by molar-refractivity contribution is 0.552. The van der Waals surface area contributed by atoms with E-state index in [0.29, 0.717) is 5.92 Å². The van der Waals surface area contributed by atoms with Crippen LogP contribution in [-0.4, -0.2) is 11.1 Å². The molecule has 1 aromatic heterocycles. The molecule has 110 valence electrons. The summed E-state index contributed by atoms with van der Waals surface area (Å²) in [5, 5.41) is 6.26. The van der Waals surface area contributed by atoms with E-state index in [1.54, 1.807) is 0 Å². The highest BCUT2D eigenvalue weighted by molar-refractivity contribution is 6.08. The molecule has 0 atom stereocenters. The number of hydrogen-bond acceptors (Lipinski definition) is 1. The van der Waals surface area contributed by atoms with Crippen molar-refractivity contribution in [1.29, 1.82) is 0 Å². The molecule has 0 amide bonds. The van der Waals surface area contributed by atoms with E-state index in [0.717, 1.165) is 19.6 Å². The molecule has 0 aliphatic carbocycles. The van der Waals surface area contributed by atoms with Gasteiger partial charge in [-0.25, -0.2) is 0 Å². The van der Waals surface area contributed by atoms with Crippen molar-refractivity contribution < 1.29 is 0 Å². The molecule has 1 heterocycles. The van der Waals surface area contributed by atoms with E-state index in [4.69, 9.17) is 0 Å². The van der Waals surface area contributed by atoms with Gasteiger partial charge in [0, 0.05) is 34.9 Å². The minimum absolute atomic E-state index is 0.690. The van der Waals surface area contributed by atoms with E-state index >= 15 is 0 Å². The Labute approximate surface area is 126 Å². The third-order valence-electron chi connectivity index (χ3n) is 4.03. The Hall–Kier alpha value is -1.80. The van der Waals surface area contributed by atoms with Crippen molar-refractivity contribution in [3.8, 4) is 0 Å². The van der Waals surface area contributed by atoms with Crippen LogP contribution in [0.25, 0.3) is 21.8 Å². The van der Waals surface area contributed by atoms with Crippen LogP contribution in [0, 0.1) is 5.92 Å². The third kappa shape index (κ3) is 2.68. The second-order valence-corrected chi connectivity index (χ2v) is 6.14. The van der Waals surface area contributed by atoms with Crippen molar-refractivity contribution in [2.45, 2.75) is 33.9 Å². The van der Waals surface area contributed by atoms with Gasteiger partial charge in [-0.15, -0.1) is 0 Å². The zero-order chi connectivity index (χ0) is 14.8. The van der Waals surface area contributed by atoms with Gasteiger partial charge < -0.3 is 9.88 Å². The van der Waals surface area contributed by atoms with Gasteiger partial charge in [-0.1, -0.05) is 38.1 Å². The maximum Gasteiger partial charge on any atom is 0.0491 e. The first-order valence-electron chi connectivity index (χ1n) is 7.91. The quantitative estimate of drug-likeness (QED) is 0.725. The molecule has 0 spiro atoms. The monoisotopic (exact) mass is 280 g/mol. The Morgan fingerprint density at radius 1 is 1.00 bits per heavy atom. The second kappa shape index (κ2) is 5.90. The van der Waals surface area contributed by atoms with E-state index in [1.807, 2.05) is 0 Å². The molecule has 0 bridgehead atoms. The molecule has 0 aliphatic heterocycles. The molecular weight excluding hydrogens is 256 g/mol. The molecule has 2 nitrogen and oxygen atoms in total. The summed E-state index contributed by atoms with van der Waals surface area (Å²) in [7, 11) is 0. The van der Waals surface area contributed by atoms with Gasteiger partial charge in [0.05, 0.1) is 0 Å². The molecule has 3 aromatic rings. The SMILES string of the molecule is CCn1c2ccccc2c2cc(CNCC(C)C)ccc21. The normalized spacial score (nSPS) is 11.8. The van der Waals surface area contributed by atoms with E-state index in [1.165, 1.54) is 27.4 Å². The predicted molar refractivity (Wildman–Crippen MR) is 91.7 cm³/mol. The molecule has 2 heteroatoms. The molecule has 3 rings (SSSR count). The maximum atomic E-state index is 3.53. The molecule has 0 radical (unpaired) electrons. The maximum absolute atomic E-state index is 3.53. The van der Waals surface area contributed by atoms with Crippen LogP contribution in [0.4, 0.5) is 0 Å². The van der Waals surface area contributed by atoms with E-state index in [2.05, 4.69) is 73.1 Å². The molecule has 21 heavy (non-hydrogen) atoms. The zero-order valence-electron chi connectivity index (χ0n) is 13.2. The number of aryl methyl sites for hydroxylation is 1. The van der Waals surface area contributed by atoms with Gasteiger partial charge >= 0.3 is 0 Å². The summed E-state index contributed by atoms with van der Waals surface area (Å²) in [5.41, 5.74) is 4.04. The average molecular weight is 280 g/mol. The lowest BCUT2D eigenvalue weighted by Crippen LogP contribution is -2.18. The lowest BCUT2D eigenvalue weighted by Gasteiger charge is -2.08. The van der Waals surface area contributed by atoms with Crippen LogP contribution < -0.4 is 5.32 Å². The molecule has 0 fully saturated rings. The molecule has 0 aliphatic rings. The van der Waals surface area contributed by atoms with E-state index in [-0.39, 0.29) is 0 Å². The molecule has 0 saturated carbocycles. The number of fused-ring (bicyclic) bond motifs is 3. The average Bonchev–Trinajstić information content (AvgIpc) is 2.80. The Morgan fingerprint density at radius 2 is 1.76 bits per heavy atom. The number of nitrogens with zero attached hydrogens (tertiary/aromatic N) is 1. The highest BCUT2D eigenvalue weighted by Gasteiger charge is 2.09. The summed E-state index contributed by atoms with van der Waals surface area (Å²) < 4.78 is 2.40. The molecule has 0 saturated heterocycles. The summed E-state index contributed by atoms with van der Waals surface area (Å²) in [4.78, 5) is 0. The summed E-state index contributed by atoms with van der Waals surface area (Å²) >= 11 is 0. The van der Waals surface area contributed by atoms with Crippen LogP contribution in [0.5, 0.6) is 0 Å². The molecule has 1 N–H and O–H groups in total. The number of nitrogens with one attached hydrogen (secondary N) is 1. The standard InChI is InChI=1S/C19H24N2/c1-4-21-18-8-6-5-7-16(18)17-11-15(9-10-19(17)21)13-20-12-14(2)3/h5-11,14,20H,4,12-13H2,1-3H3. The fraction of sp³-hybridized carbons (Fsp3) is 0.368. The summed E-state index contributed by atoms with van der Waals surface area (Å²) in [6, 6.07) is 15.6. The highest BCUT2D eigenvalue weighted by Crippen LogP contribution is 2.29. The highest BCUT2D eigenvalue weighted by atomic mass is 15.0. The molecule has 2 aromatic carbocycles. The zero-order valence-corrected chi connectivity index (χ0v) is 13.2. The lowest BCUT2D eigenvalue weighted by atomic mass is 10.1. The Kier molecular flexibility index (Phi) is 3.98. The first-order valence-corrected chi connectivity index (χ1v) is 7.91. The Morgan fingerprint density at radius 3 is 2.52 bits per heavy atom. The number of aromatic nitrogens is 1. The van der Waals surface area contributed by atoms with Crippen LogP contribution >= 0.6 is 0 Å². The molecular formula is C19H24N2. The van der Waals surface area contributed by atoms with Crippen LogP contribution in [0.2, 0.25) is 0 Å². The fourth-order valence-electron chi connectivity index (χ4n) is 3.06. The van der Waals surface area contributed by atoms with Crippen LogP contribution in [0.3, 0.4) is 0 Å². The number of rotatable bonds is 5. The number of para-hydroxylation sites is 1. The van der Waals surface area contributed by atoms with Gasteiger partial charge in [-0.05, 0) is 43.1 Å². The van der Waals surface area contributed by atoms with E-state index in [9.17, 15) is 0 Å². The fourth-order valence-corrected chi connectivity index (χ4v) is 3.06. The van der Waals surface area contributed by atoms with E-state index < -0.39 is 0 Å². The number of hydrogen-bond donors (Lipinski definition) is 1. The van der Waals surface area contributed by atoms with Crippen LogP contribution in [0.15, 0.2) is 42.5 Å². The Bertz CT molecular complexity index is 753. The first kappa shape index (κ1) is 14.2.